The largest absolute Gasteiger partial charge is 0.439 e. The van der Waals surface area contributed by atoms with Gasteiger partial charge in [0, 0.05) is 42.9 Å². The molecule has 0 radical (unpaired) electrons. The van der Waals surface area contributed by atoms with Crippen molar-refractivity contribution in [2.75, 3.05) is 24.6 Å². The predicted octanol–water partition coefficient (Wildman–Crippen LogP) is 2.88. The van der Waals surface area contributed by atoms with E-state index in [2.05, 4.69) is 14.9 Å². The highest BCUT2D eigenvalue weighted by atomic mass is 32.2. The Bertz CT molecular complexity index is 702. The molecule has 24 heavy (non-hydrogen) atoms. The lowest BCUT2D eigenvalue weighted by Crippen LogP contribution is -2.42. The maximum atomic E-state index is 13.1. The summed E-state index contributed by atoms with van der Waals surface area (Å²) in [6.07, 6.45) is 1.69. The van der Waals surface area contributed by atoms with E-state index in [1.807, 2.05) is 17.8 Å². The molecule has 7 heteroatoms. The lowest BCUT2D eigenvalue weighted by molar-refractivity contribution is 0.455. The highest BCUT2D eigenvalue weighted by Gasteiger charge is 2.11. The van der Waals surface area contributed by atoms with E-state index in [-0.39, 0.29) is 5.82 Å². The Morgan fingerprint density at radius 1 is 1.29 bits per heavy atom. The van der Waals surface area contributed by atoms with Crippen molar-refractivity contribution in [2.45, 2.75) is 6.54 Å². The maximum absolute atomic E-state index is 13.1. The van der Waals surface area contributed by atoms with E-state index in [0.29, 0.717) is 24.1 Å². The topological polar surface area (TPSA) is 63.7 Å². The smallest absolute Gasteiger partial charge is 0.219 e. The van der Waals surface area contributed by atoms with Crippen molar-refractivity contribution in [3.8, 4) is 11.6 Å². The van der Waals surface area contributed by atoms with Gasteiger partial charge in [0.15, 0.2) is 5.96 Å². The number of benzene rings is 1. The zero-order valence-corrected chi connectivity index (χ0v) is 14.0. The molecule has 1 fully saturated rings. The van der Waals surface area contributed by atoms with Gasteiger partial charge >= 0.3 is 0 Å². The first kappa shape index (κ1) is 16.6. The van der Waals surface area contributed by atoms with E-state index < -0.39 is 0 Å². The number of nitrogens with two attached hydrogens (primary N) is 1. The molecule has 0 spiro atoms. The molecule has 0 bridgehead atoms. The van der Waals surface area contributed by atoms with Gasteiger partial charge in [-0.05, 0) is 17.7 Å². The van der Waals surface area contributed by atoms with Gasteiger partial charge in [0.2, 0.25) is 5.88 Å². The number of rotatable bonds is 4. The van der Waals surface area contributed by atoms with Gasteiger partial charge in [-0.25, -0.2) is 14.4 Å². The van der Waals surface area contributed by atoms with Gasteiger partial charge < -0.3 is 15.4 Å². The minimum absolute atomic E-state index is 0.343. The molecular weight excluding hydrogens is 327 g/mol. The Morgan fingerprint density at radius 2 is 2.12 bits per heavy atom. The number of thioether (sulfide) groups is 1. The molecule has 126 valence electrons. The van der Waals surface area contributed by atoms with E-state index in [1.54, 1.807) is 24.4 Å². The van der Waals surface area contributed by atoms with E-state index >= 15 is 0 Å². The Hall–Kier alpha value is -2.28. The Balaban J connectivity index is 1.58. The van der Waals surface area contributed by atoms with Gasteiger partial charge in [0.05, 0.1) is 6.54 Å². The zero-order chi connectivity index (χ0) is 16.8. The molecule has 2 N–H and O–H groups in total. The van der Waals surface area contributed by atoms with Crippen LogP contribution in [0.4, 0.5) is 4.39 Å². The summed E-state index contributed by atoms with van der Waals surface area (Å²) in [4.78, 5) is 10.7. The molecule has 2 aromatic rings. The molecule has 0 amide bonds. The van der Waals surface area contributed by atoms with Crippen molar-refractivity contribution in [1.29, 1.82) is 0 Å². The van der Waals surface area contributed by atoms with E-state index in [0.717, 1.165) is 30.2 Å². The fourth-order valence-corrected chi connectivity index (χ4v) is 3.18. The van der Waals surface area contributed by atoms with Crippen LogP contribution in [0.1, 0.15) is 5.56 Å². The maximum Gasteiger partial charge on any atom is 0.219 e. The van der Waals surface area contributed by atoms with Crippen molar-refractivity contribution < 1.29 is 9.13 Å². The number of ether oxygens (including phenoxy) is 1. The first-order valence-corrected chi connectivity index (χ1v) is 8.87. The molecule has 1 saturated heterocycles. The van der Waals surface area contributed by atoms with Gasteiger partial charge in [0.1, 0.15) is 11.6 Å². The lowest BCUT2D eigenvalue weighted by Gasteiger charge is -2.27. The normalized spacial score (nSPS) is 15.4. The van der Waals surface area contributed by atoms with Gasteiger partial charge in [-0.3, -0.25) is 0 Å². The Kier molecular flexibility index (Phi) is 5.53. The highest BCUT2D eigenvalue weighted by molar-refractivity contribution is 7.99. The van der Waals surface area contributed by atoms with Crippen LogP contribution in [0.5, 0.6) is 11.6 Å². The molecule has 0 aliphatic carbocycles. The van der Waals surface area contributed by atoms with Crippen LogP contribution in [0.2, 0.25) is 0 Å². The average Bonchev–Trinajstić information content (AvgIpc) is 2.62. The molecule has 2 heterocycles. The number of aliphatic imine (C=N–C) groups is 1. The van der Waals surface area contributed by atoms with Crippen molar-refractivity contribution in [2.24, 2.45) is 10.7 Å². The van der Waals surface area contributed by atoms with Crippen LogP contribution < -0.4 is 10.5 Å². The summed E-state index contributed by atoms with van der Waals surface area (Å²) in [7, 11) is 0. The standard InChI is InChI=1S/C17H19FN4OS/c18-14-2-1-3-15(10-14)23-16-5-4-13(11-20-16)12-21-17(19)22-6-8-24-9-7-22/h1-5,10-11H,6-9,12H2,(H2,19,21). The van der Waals surface area contributed by atoms with E-state index in [4.69, 9.17) is 10.5 Å². The van der Waals surface area contributed by atoms with Crippen molar-refractivity contribution >= 4 is 17.7 Å². The predicted molar refractivity (Wildman–Crippen MR) is 94.9 cm³/mol. The number of aromatic nitrogens is 1. The Labute approximate surface area is 144 Å². The summed E-state index contributed by atoms with van der Waals surface area (Å²) in [5.74, 6) is 3.24. The second kappa shape index (κ2) is 8.01. The summed E-state index contributed by atoms with van der Waals surface area (Å²) < 4.78 is 18.6. The molecule has 1 aliphatic rings. The third kappa shape index (κ3) is 4.61. The second-order valence-electron chi connectivity index (χ2n) is 5.34. The van der Waals surface area contributed by atoms with Crippen LogP contribution in [0.3, 0.4) is 0 Å². The van der Waals surface area contributed by atoms with Crippen LogP contribution in [-0.2, 0) is 6.54 Å². The van der Waals surface area contributed by atoms with Gasteiger partial charge in [-0.15, -0.1) is 0 Å². The van der Waals surface area contributed by atoms with Crippen LogP contribution >= 0.6 is 11.8 Å². The van der Waals surface area contributed by atoms with Crippen molar-refractivity contribution in [1.82, 2.24) is 9.88 Å². The minimum atomic E-state index is -0.343. The summed E-state index contributed by atoms with van der Waals surface area (Å²) in [5.41, 5.74) is 6.97. The number of nitrogens with zero attached hydrogens (tertiary/aromatic N) is 3. The third-order valence-electron chi connectivity index (χ3n) is 3.57. The molecule has 1 aromatic carbocycles. The molecule has 0 unspecified atom stereocenters. The third-order valence-corrected chi connectivity index (χ3v) is 4.52. The van der Waals surface area contributed by atoms with Gasteiger partial charge in [-0.2, -0.15) is 11.8 Å². The summed E-state index contributed by atoms with van der Waals surface area (Å²) in [5, 5.41) is 0. The zero-order valence-electron chi connectivity index (χ0n) is 13.2. The monoisotopic (exact) mass is 346 g/mol. The van der Waals surface area contributed by atoms with Gasteiger partial charge in [0.25, 0.3) is 0 Å². The van der Waals surface area contributed by atoms with Crippen LogP contribution in [0.25, 0.3) is 0 Å². The van der Waals surface area contributed by atoms with Crippen molar-refractivity contribution in [3.63, 3.8) is 0 Å². The summed E-state index contributed by atoms with van der Waals surface area (Å²) in [6, 6.07) is 9.58. The number of guanidine groups is 1. The SMILES string of the molecule is NC(=NCc1ccc(Oc2cccc(F)c2)nc1)N1CCSCC1. The summed E-state index contributed by atoms with van der Waals surface area (Å²) >= 11 is 1.93. The molecule has 1 aromatic heterocycles. The molecule has 0 atom stereocenters. The molecule has 5 nitrogen and oxygen atoms in total. The fourth-order valence-electron chi connectivity index (χ4n) is 2.28. The highest BCUT2D eigenvalue weighted by Crippen LogP contribution is 2.20. The van der Waals surface area contributed by atoms with Crippen molar-refractivity contribution in [3.05, 3.63) is 54.0 Å². The van der Waals surface area contributed by atoms with E-state index in [9.17, 15) is 4.39 Å². The van der Waals surface area contributed by atoms with Crippen LogP contribution in [0, 0.1) is 5.82 Å². The number of hydrogen-bond donors (Lipinski definition) is 1. The number of halogens is 1. The van der Waals surface area contributed by atoms with E-state index in [1.165, 1.54) is 12.1 Å². The lowest BCUT2D eigenvalue weighted by atomic mass is 10.3. The van der Waals surface area contributed by atoms with Crippen LogP contribution in [-0.4, -0.2) is 40.4 Å². The first-order valence-electron chi connectivity index (χ1n) is 7.72. The quantitative estimate of drug-likeness (QED) is 0.681. The average molecular weight is 346 g/mol. The fraction of sp³-hybridized carbons (Fsp3) is 0.294. The molecule has 1 aliphatic heterocycles. The molecular formula is C17H19FN4OS. The first-order chi connectivity index (χ1) is 11.7. The molecule has 0 saturated carbocycles. The number of pyridine rings is 1. The van der Waals surface area contributed by atoms with Crippen LogP contribution in [0.15, 0.2) is 47.6 Å². The number of hydrogen-bond acceptors (Lipinski definition) is 4. The summed E-state index contributed by atoms with van der Waals surface area (Å²) in [6.45, 7) is 2.36. The Morgan fingerprint density at radius 3 is 2.83 bits per heavy atom. The van der Waals surface area contributed by atoms with Gasteiger partial charge in [-0.1, -0.05) is 12.1 Å². The minimum Gasteiger partial charge on any atom is -0.439 e. The second-order valence-corrected chi connectivity index (χ2v) is 6.56. The molecule has 3 rings (SSSR count).